The van der Waals surface area contributed by atoms with Crippen molar-refractivity contribution >= 4 is 17.4 Å². The standard InChI is InChI=1S/C24H23NO4/c1-16-7-9-18(10-8-16)23(26)17(2)29-21-13-11-20(12-14-21)25-24(27)19-5-4-6-22(15-19)28-3/h4-15,17H,1-3H3,(H,25,27). The van der Waals surface area contributed by atoms with Crippen LogP contribution >= 0.6 is 0 Å². The van der Waals surface area contributed by atoms with Crippen LogP contribution in [-0.4, -0.2) is 24.9 Å². The summed E-state index contributed by atoms with van der Waals surface area (Å²) in [5, 5.41) is 2.83. The van der Waals surface area contributed by atoms with Gasteiger partial charge in [0.05, 0.1) is 7.11 Å². The minimum atomic E-state index is -0.616. The van der Waals surface area contributed by atoms with Crippen molar-refractivity contribution in [1.29, 1.82) is 0 Å². The summed E-state index contributed by atoms with van der Waals surface area (Å²) < 4.78 is 10.9. The maximum Gasteiger partial charge on any atom is 0.255 e. The molecule has 0 fully saturated rings. The fraction of sp³-hybridized carbons (Fsp3) is 0.167. The van der Waals surface area contributed by atoms with Crippen LogP contribution in [0.2, 0.25) is 0 Å². The Balaban J connectivity index is 1.61. The van der Waals surface area contributed by atoms with Crippen molar-refractivity contribution < 1.29 is 19.1 Å². The lowest BCUT2D eigenvalue weighted by Gasteiger charge is -2.14. The fourth-order valence-electron chi connectivity index (χ4n) is 2.79. The van der Waals surface area contributed by atoms with E-state index in [1.807, 2.05) is 19.1 Å². The molecule has 0 heterocycles. The number of aryl methyl sites for hydroxylation is 1. The number of hydrogen-bond acceptors (Lipinski definition) is 4. The molecule has 0 aliphatic heterocycles. The summed E-state index contributed by atoms with van der Waals surface area (Å²) >= 11 is 0. The first-order chi connectivity index (χ1) is 14.0. The van der Waals surface area contributed by atoms with Crippen LogP contribution in [0.4, 0.5) is 5.69 Å². The summed E-state index contributed by atoms with van der Waals surface area (Å²) in [6.45, 7) is 3.70. The second kappa shape index (κ2) is 9.06. The van der Waals surface area contributed by atoms with Crippen LogP contribution in [0.15, 0.2) is 72.8 Å². The molecule has 3 aromatic rings. The number of carbonyl (C=O) groups is 2. The number of carbonyl (C=O) groups excluding carboxylic acids is 2. The fourth-order valence-corrected chi connectivity index (χ4v) is 2.79. The number of benzene rings is 3. The maximum absolute atomic E-state index is 12.5. The van der Waals surface area contributed by atoms with Crippen molar-refractivity contribution in [2.45, 2.75) is 20.0 Å². The monoisotopic (exact) mass is 389 g/mol. The summed E-state index contributed by atoms with van der Waals surface area (Å²) in [5.74, 6) is 0.854. The third kappa shape index (κ3) is 5.23. The van der Waals surface area contributed by atoms with E-state index in [4.69, 9.17) is 9.47 Å². The minimum Gasteiger partial charge on any atom is -0.497 e. The molecule has 1 N–H and O–H groups in total. The Morgan fingerprint density at radius 1 is 0.862 bits per heavy atom. The Hall–Kier alpha value is -3.60. The molecule has 0 radical (unpaired) electrons. The van der Waals surface area contributed by atoms with E-state index in [1.54, 1.807) is 74.7 Å². The van der Waals surface area contributed by atoms with Gasteiger partial charge in [-0.3, -0.25) is 9.59 Å². The molecule has 5 heteroatoms. The number of ether oxygens (including phenoxy) is 2. The Labute approximate surface area is 170 Å². The predicted molar refractivity (Wildman–Crippen MR) is 113 cm³/mol. The molecule has 3 rings (SSSR count). The van der Waals surface area contributed by atoms with Crippen LogP contribution in [-0.2, 0) is 0 Å². The molecule has 0 bridgehead atoms. The van der Waals surface area contributed by atoms with Gasteiger partial charge in [0.25, 0.3) is 5.91 Å². The van der Waals surface area contributed by atoms with E-state index in [2.05, 4.69) is 5.32 Å². The van der Waals surface area contributed by atoms with Gasteiger partial charge in [-0.1, -0.05) is 35.9 Å². The first-order valence-electron chi connectivity index (χ1n) is 9.29. The van der Waals surface area contributed by atoms with Gasteiger partial charge in [-0.2, -0.15) is 0 Å². The minimum absolute atomic E-state index is 0.0830. The van der Waals surface area contributed by atoms with Gasteiger partial charge in [0.15, 0.2) is 6.10 Å². The number of amides is 1. The normalized spacial score (nSPS) is 11.4. The third-order valence-corrected chi connectivity index (χ3v) is 4.46. The Morgan fingerprint density at radius 3 is 2.21 bits per heavy atom. The van der Waals surface area contributed by atoms with Gasteiger partial charge in [0, 0.05) is 16.8 Å². The van der Waals surface area contributed by atoms with Crippen LogP contribution in [0, 0.1) is 6.92 Å². The summed E-state index contributed by atoms with van der Waals surface area (Å²) in [7, 11) is 1.56. The van der Waals surface area contributed by atoms with Crippen molar-refractivity contribution in [2.75, 3.05) is 12.4 Å². The Kier molecular flexibility index (Phi) is 6.29. The zero-order chi connectivity index (χ0) is 20.8. The highest BCUT2D eigenvalue weighted by Crippen LogP contribution is 2.20. The molecule has 1 amide bonds. The molecule has 1 unspecified atom stereocenters. The lowest BCUT2D eigenvalue weighted by Crippen LogP contribution is -2.23. The molecule has 0 aliphatic carbocycles. The SMILES string of the molecule is COc1cccc(C(=O)Nc2ccc(OC(C)C(=O)c3ccc(C)cc3)cc2)c1. The lowest BCUT2D eigenvalue weighted by atomic mass is 10.1. The molecule has 0 saturated heterocycles. The van der Waals surface area contributed by atoms with Crippen LogP contribution in [0.1, 0.15) is 33.2 Å². The van der Waals surface area contributed by atoms with Crippen LogP contribution in [0.5, 0.6) is 11.5 Å². The highest BCUT2D eigenvalue weighted by atomic mass is 16.5. The number of ketones is 1. The van der Waals surface area contributed by atoms with Crippen molar-refractivity contribution in [3.8, 4) is 11.5 Å². The molecule has 0 aliphatic rings. The number of anilines is 1. The third-order valence-electron chi connectivity index (χ3n) is 4.46. The number of rotatable bonds is 7. The molecule has 5 nitrogen and oxygen atoms in total. The number of Topliss-reactive ketones (excluding diaryl/α,β-unsaturated/α-hetero) is 1. The molecule has 29 heavy (non-hydrogen) atoms. The van der Waals surface area contributed by atoms with Gasteiger partial charge in [-0.15, -0.1) is 0 Å². The predicted octanol–water partition coefficient (Wildman–Crippen LogP) is 4.91. The number of methoxy groups -OCH3 is 1. The summed E-state index contributed by atoms with van der Waals surface area (Å²) in [6, 6.07) is 21.2. The van der Waals surface area contributed by atoms with Crippen molar-refractivity contribution in [1.82, 2.24) is 0 Å². The molecule has 0 saturated carbocycles. The van der Waals surface area contributed by atoms with Crippen LogP contribution in [0.25, 0.3) is 0 Å². The van der Waals surface area contributed by atoms with Crippen molar-refractivity contribution in [2.24, 2.45) is 0 Å². The second-order valence-electron chi connectivity index (χ2n) is 6.70. The second-order valence-corrected chi connectivity index (χ2v) is 6.70. The van der Waals surface area contributed by atoms with Crippen LogP contribution in [0.3, 0.4) is 0 Å². The van der Waals surface area contributed by atoms with E-state index in [-0.39, 0.29) is 11.7 Å². The first-order valence-corrected chi connectivity index (χ1v) is 9.29. The summed E-state index contributed by atoms with van der Waals surface area (Å²) in [4.78, 5) is 24.9. The van der Waals surface area contributed by atoms with Gasteiger partial charge >= 0.3 is 0 Å². The first kappa shape index (κ1) is 20.1. The molecule has 1 atom stereocenters. The number of hydrogen-bond donors (Lipinski definition) is 1. The molecule has 148 valence electrons. The van der Waals surface area contributed by atoms with E-state index < -0.39 is 6.10 Å². The molecule has 0 spiro atoms. The maximum atomic E-state index is 12.5. The zero-order valence-corrected chi connectivity index (χ0v) is 16.6. The van der Waals surface area contributed by atoms with Gasteiger partial charge in [0.2, 0.25) is 5.78 Å². The summed E-state index contributed by atoms with van der Waals surface area (Å²) in [6.07, 6.45) is -0.616. The van der Waals surface area contributed by atoms with Gasteiger partial charge in [0.1, 0.15) is 11.5 Å². The highest BCUT2D eigenvalue weighted by molar-refractivity contribution is 6.04. The van der Waals surface area contributed by atoms with Gasteiger partial charge < -0.3 is 14.8 Å². The van der Waals surface area contributed by atoms with E-state index in [0.717, 1.165) is 5.56 Å². The number of nitrogens with one attached hydrogen (secondary N) is 1. The van der Waals surface area contributed by atoms with Crippen molar-refractivity contribution in [3.63, 3.8) is 0 Å². The average Bonchev–Trinajstić information content (AvgIpc) is 2.75. The highest BCUT2D eigenvalue weighted by Gasteiger charge is 2.17. The van der Waals surface area contributed by atoms with Crippen molar-refractivity contribution in [3.05, 3.63) is 89.5 Å². The summed E-state index contributed by atoms with van der Waals surface area (Å²) in [5.41, 5.74) is 2.84. The Bertz CT molecular complexity index is 994. The molecular weight excluding hydrogens is 366 g/mol. The molecule has 0 aromatic heterocycles. The smallest absolute Gasteiger partial charge is 0.255 e. The Morgan fingerprint density at radius 2 is 1.55 bits per heavy atom. The van der Waals surface area contributed by atoms with Crippen LogP contribution < -0.4 is 14.8 Å². The van der Waals surface area contributed by atoms with E-state index in [1.165, 1.54) is 0 Å². The topological polar surface area (TPSA) is 64.6 Å². The van der Waals surface area contributed by atoms with Gasteiger partial charge in [-0.05, 0) is 56.3 Å². The lowest BCUT2D eigenvalue weighted by molar-refractivity contribution is 0.0818. The quantitative estimate of drug-likeness (QED) is 0.584. The largest absolute Gasteiger partial charge is 0.497 e. The van der Waals surface area contributed by atoms with Gasteiger partial charge in [-0.25, -0.2) is 0 Å². The van der Waals surface area contributed by atoms with E-state index in [9.17, 15) is 9.59 Å². The van der Waals surface area contributed by atoms with E-state index in [0.29, 0.717) is 28.3 Å². The van der Waals surface area contributed by atoms with E-state index >= 15 is 0 Å². The molecular formula is C24H23NO4. The molecule has 3 aromatic carbocycles. The average molecular weight is 389 g/mol. The zero-order valence-electron chi connectivity index (χ0n) is 16.6.